The highest BCUT2D eigenvalue weighted by Gasteiger charge is 2.23. The molecule has 1 aliphatic carbocycles. The van der Waals surface area contributed by atoms with Crippen molar-refractivity contribution in [3.05, 3.63) is 70.3 Å². The standard InChI is InChI=1S/C24H22Cl2FN5O2S/c25-18-7-5-14(9-19(18)26)12-35(33,34)31-21-8-6-15(10-20(21)27)17-11-32(16-3-1-2-4-16)24-22(17)23(28)29-13-30-24/h5-11,13,16,31H,1-4,12H2,(H2,28,29,30). The highest BCUT2D eigenvalue weighted by Crippen LogP contribution is 2.39. The first kappa shape index (κ1) is 23.8. The van der Waals surface area contributed by atoms with Crippen molar-refractivity contribution in [2.24, 2.45) is 0 Å². The number of nitrogens with two attached hydrogens (primary N) is 1. The maximum absolute atomic E-state index is 15.1. The highest BCUT2D eigenvalue weighted by atomic mass is 35.5. The zero-order valence-electron chi connectivity index (χ0n) is 18.5. The highest BCUT2D eigenvalue weighted by molar-refractivity contribution is 7.91. The number of nitrogen functional groups attached to an aromatic ring is 1. The Labute approximate surface area is 212 Å². The van der Waals surface area contributed by atoms with E-state index in [4.69, 9.17) is 28.9 Å². The van der Waals surface area contributed by atoms with Crippen molar-refractivity contribution >= 4 is 55.8 Å². The van der Waals surface area contributed by atoms with Crippen molar-refractivity contribution < 1.29 is 12.8 Å². The number of hydrogen-bond acceptors (Lipinski definition) is 5. The number of hydrogen-bond donors (Lipinski definition) is 2. The summed E-state index contributed by atoms with van der Waals surface area (Å²) in [5.74, 6) is -0.778. The quantitative estimate of drug-likeness (QED) is 0.307. The molecule has 0 aliphatic heterocycles. The summed E-state index contributed by atoms with van der Waals surface area (Å²) in [4.78, 5) is 8.56. The van der Waals surface area contributed by atoms with Crippen molar-refractivity contribution in [1.82, 2.24) is 14.5 Å². The molecule has 7 nitrogen and oxygen atoms in total. The second-order valence-electron chi connectivity index (χ2n) is 8.65. The fraction of sp³-hybridized carbons (Fsp3) is 0.250. The third kappa shape index (κ3) is 4.80. The fourth-order valence-electron chi connectivity index (χ4n) is 4.61. The van der Waals surface area contributed by atoms with E-state index in [0.29, 0.717) is 44.6 Å². The number of aromatic nitrogens is 3. The van der Waals surface area contributed by atoms with E-state index in [0.717, 1.165) is 25.7 Å². The molecule has 1 saturated carbocycles. The van der Waals surface area contributed by atoms with Gasteiger partial charge in [-0.3, -0.25) is 4.72 Å². The van der Waals surface area contributed by atoms with E-state index in [1.165, 1.54) is 30.6 Å². The SMILES string of the molecule is Nc1ncnc2c1c(-c1ccc(NS(=O)(=O)Cc3ccc(Cl)c(Cl)c3)c(F)c1)cn2C1CCCC1. The maximum Gasteiger partial charge on any atom is 0.237 e. The summed E-state index contributed by atoms with van der Waals surface area (Å²) in [5.41, 5.74) is 8.43. The topological polar surface area (TPSA) is 103 Å². The van der Waals surface area contributed by atoms with Gasteiger partial charge in [-0.2, -0.15) is 0 Å². The van der Waals surface area contributed by atoms with Gasteiger partial charge in [-0.05, 0) is 48.2 Å². The molecular weight excluding hydrogens is 512 g/mol. The van der Waals surface area contributed by atoms with Gasteiger partial charge < -0.3 is 10.3 Å². The largest absolute Gasteiger partial charge is 0.383 e. The molecule has 2 aromatic heterocycles. The molecule has 1 aliphatic rings. The smallest absolute Gasteiger partial charge is 0.237 e. The second kappa shape index (κ2) is 9.29. The minimum Gasteiger partial charge on any atom is -0.383 e. The maximum atomic E-state index is 15.1. The summed E-state index contributed by atoms with van der Waals surface area (Å²) >= 11 is 11.9. The van der Waals surface area contributed by atoms with Gasteiger partial charge >= 0.3 is 0 Å². The molecule has 5 rings (SSSR count). The summed E-state index contributed by atoms with van der Waals surface area (Å²) in [6.07, 6.45) is 7.74. The Bertz CT molecular complexity index is 1530. The fourth-order valence-corrected chi connectivity index (χ4v) is 6.12. The predicted molar refractivity (Wildman–Crippen MR) is 138 cm³/mol. The molecule has 0 unspecified atom stereocenters. The van der Waals surface area contributed by atoms with E-state index >= 15 is 4.39 Å². The van der Waals surface area contributed by atoms with Crippen LogP contribution in [0.25, 0.3) is 22.2 Å². The number of fused-ring (bicyclic) bond motifs is 1. The number of sulfonamides is 1. The van der Waals surface area contributed by atoms with E-state index in [2.05, 4.69) is 19.3 Å². The van der Waals surface area contributed by atoms with Crippen LogP contribution >= 0.6 is 23.2 Å². The van der Waals surface area contributed by atoms with Crippen molar-refractivity contribution in [1.29, 1.82) is 0 Å². The molecule has 3 N–H and O–H groups in total. The minimum absolute atomic E-state index is 0.155. The lowest BCUT2D eigenvalue weighted by Crippen LogP contribution is -2.16. The Kier molecular flexibility index (Phi) is 6.33. The lowest BCUT2D eigenvalue weighted by atomic mass is 10.1. The number of anilines is 2. The molecule has 4 aromatic rings. The van der Waals surface area contributed by atoms with Gasteiger partial charge in [0, 0.05) is 17.8 Å². The van der Waals surface area contributed by atoms with Gasteiger partial charge in [0.2, 0.25) is 10.0 Å². The van der Waals surface area contributed by atoms with Crippen molar-refractivity contribution in [3.8, 4) is 11.1 Å². The lowest BCUT2D eigenvalue weighted by molar-refractivity contribution is 0.532. The van der Waals surface area contributed by atoms with Gasteiger partial charge in [-0.1, -0.05) is 48.2 Å². The van der Waals surface area contributed by atoms with E-state index in [-0.39, 0.29) is 16.5 Å². The van der Waals surface area contributed by atoms with E-state index in [9.17, 15) is 8.42 Å². The van der Waals surface area contributed by atoms with Gasteiger partial charge in [0.25, 0.3) is 0 Å². The Hall–Kier alpha value is -2.88. The summed E-state index contributed by atoms with van der Waals surface area (Å²) < 4.78 is 44.8. The molecule has 2 heterocycles. The van der Waals surface area contributed by atoms with Gasteiger partial charge in [0.15, 0.2) is 0 Å². The van der Waals surface area contributed by atoms with E-state index < -0.39 is 15.8 Å². The second-order valence-corrected chi connectivity index (χ2v) is 11.2. The molecule has 0 atom stereocenters. The summed E-state index contributed by atoms with van der Waals surface area (Å²) in [7, 11) is -3.90. The number of benzene rings is 2. The molecule has 0 amide bonds. The number of nitrogens with zero attached hydrogens (tertiary/aromatic N) is 3. The molecule has 2 aromatic carbocycles. The van der Waals surface area contributed by atoms with Crippen molar-refractivity contribution in [3.63, 3.8) is 0 Å². The zero-order valence-corrected chi connectivity index (χ0v) is 20.8. The van der Waals surface area contributed by atoms with Crippen LogP contribution in [0.2, 0.25) is 10.0 Å². The molecule has 0 spiro atoms. The predicted octanol–water partition coefficient (Wildman–Crippen LogP) is 6.18. The molecule has 0 radical (unpaired) electrons. The number of rotatable bonds is 6. The van der Waals surface area contributed by atoms with Crippen LogP contribution in [0.5, 0.6) is 0 Å². The Morgan fingerprint density at radius 1 is 1.09 bits per heavy atom. The molecule has 1 fully saturated rings. The van der Waals surface area contributed by atoms with Crippen LogP contribution < -0.4 is 10.5 Å². The average molecular weight is 534 g/mol. The van der Waals surface area contributed by atoms with Gasteiger partial charge in [0.05, 0.1) is 26.9 Å². The van der Waals surface area contributed by atoms with E-state index in [1.807, 2.05) is 6.20 Å². The molecule has 35 heavy (non-hydrogen) atoms. The van der Waals surface area contributed by atoms with Crippen LogP contribution in [0.3, 0.4) is 0 Å². The third-order valence-electron chi connectivity index (χ3n) is 6.24. The first-order valence-corrected chi connectivity index (χ1v) is 13.5. The first-order chi connectivity index (χ1) is 16.7. The van der Waals surface area contributed by atoms with Gasteiger partial charge in [-0.25, -0.2) is 22.8 Å². The third-order valence-corrected chi connectivity index (χ3v) is 8.23. The van der Waals surface area contributed by atoms with Gasteiger partial charge in [-0.15, -0.1) is 0 Å². The molecule has 182 valence electrons. The van der Waals surface area contributed by atoms with Crippen LogP contribution in [0.4, 0.5) is 15.9 Å². The van der Waals surface area contributed by atoms with Crippen molar-refractivity contribution in [2.45, 2.75) is 37.5 Å². The average Bonchev–Trinajstić information content (AvgIpc) is 3.46. The minimum atomic E-state index is -3.90. The Morgan fingerprint density at radius 3 is 2.57 bits per heavy atom. The Balaban J connectivity index is 1.46. The summed E-state index contributed by atoms with van der Waals surface area (Å²) in [5, 5.41) is 1.23. The van der Waals surface area contributed by atoms with Crippen LogP contribution in [-0.4, -0.2) is 23.0 Å². The molecular formula is C24H22Cl2FN5O2S. The zero-order chi connectivity index (χ0) is 24.7. The van der Waals surface area contributed by atoms with Crippen LogP contribution in [0, 0.1) is 5.82 Å². The summed E-state index contributed by atoms with van der Waals surface area (Å²) in [6, 6.07) is 9.18. The molecule has 0 bridgehead atoms. The molecule has 0 saturated heterocycles. The van der Waals surface area contributed by atoms with Crippen LogP contribution in [-0.2, 0) is 15.8 Å². The summed E-state index contributed by atoms with van der Waals surface area (Å²) in [6.45, 7) is 0. The number of nitrogens with one attached hydrogen (secondary N) is 1. The number of halogens is 3. The van der Waals surface area contributed by atoms with Crippen molar-refractivity contribution in [2.75, 3.05) is 10.5 Å². The monoisotopic (exact) mass is 533 g/mol. The van der Waals surface area contributed by atoms with Crippen LogP contribution in [0.1, 0.15) is 37.3 Å². The molecule has 11 heteroatoms. The lowest BCUT2D eigenvalue weighted by Gasteiger charge is -2.12. The van der Waals surface area contributed by atoms with Gasteiger partial charge in [0.1, 0.15) is 23.6 Å². The van der Waals surface area contributed by atoms with Crippen LogP contribution in [0.15, 0.2) is 48.9 Å². The Morgan fingerprint density at radius 2 is 1.86 bits per heavy atom. The van der Waals surface area contributed by atoms with E-state index in [1.54, 1.807) is 12.1 Å². The normalized spacial score (nSPS) is 14.6. The first-order valence-electron chi connectivity index (χ1n) is 11.1.